The third-order valence-corrected chi connectivity index (χ3v) is 10.8. The monoisotopic (exact) mass is 718 g/mol. The minimum atomic E-state index is 0.292. The Bertz CT molecular complexity index is 2850. The first kappa shape index (κ1) is 33.3. The first-order valence-electron chi connectivity index (χ1n) is 19.2. The van der Waals surface area contributed by atoms with E-state index in [2.05, 4.69) is 211 Å². The number of nitrogens with zero attached hydrogens (tertiary/aromatic N) is 2. The molecule has 0 aliphatic heterocycles. The molecule has 3 nitrogen and oxygen atoms in total. The van der Waals surface area contributed by atoms with Crippen molar-refractivity contribution in [2.75, 3.05) is 4.90 Å². The van der Waals surface area contributed by atoms with Gasteiger partial charge in [-0.2, -0.15) is 0 Å². The van der Waals surface area contributed by atoms with E-state index in [1.807, 2.05) is 6.07 Å². The van der Waals surface area contributed by atoms with Crippen LogP contribution in [0, 0.1) is 0 Å². The molecule has 9 aromatic rings. The molecule has 10 rings (SSSR count). The Hall–Kier alpha value is -7.23. The molecule has 1 aliphatic rings. The number of fused-ring (bicyclic) bond motifs is 3. The van der Waals surface area contributed by atoms with Crippen LogP contribution in [-0.2, 0) is 0 Å². The molecule has 0 spiro atoms. The molecule has 0 bridgehead atoms. The lowest BCUT2D eigenvalue weighted by Gasteiger charge is -2.30. The number of aromatic nitrogens is 1. The van der Waals surface area contributed by atoms with Crippen molar-refractivity contribution in [3.8, 4) is 44.8 Å². The largest absolute Gasteiger partial charge is 0.436 e. The van der Waals surface area contributed by atoms with Crippen LogP contribution in [0.5, 0.6) is 0 Å². The van der Waals surface area contributed by atoms with E-state index in [1.165, 1.54) is 22.3 Å². The van der Waals surface area contributed by atoms with Gasteiger partial charge in [0, 0.05) is 33.9 Å². The molecular weight excluding hydrogens is 681 g/mol. The maximum atomic E-state index is 6.37. The number of hydrogen-bond donors (Lipinski definition) is 0. The number of benzene rings is 8. The van der Waals surface area contributed by atoms with Crippen molar-refractivity contribution in [2.45, 2.75) is 12.3 Å². The summed E-state index contributed by atoms with van der Waals surface area (Å²) in [5, 5.41) is 2.20. The average Bonchev–Trinajstić information content (AvgIpc) is 3.73. The summed E-state index contributed by atoms with van der Waals surface area (Å²) in [4.78, 5) is 7.46. The van der Waals surface area contributed by atoms with Crippen LogP contribution in [0.4, 0.5) is 11.4 Å². The normalized spacial score (nSPS) is 13.9. The Morgan fingerprint density at radius 3 is 1.80 bits per heavy atom. The fourth-order valence-corrected chi connectivity index (χ4v) is 8.00. The van der Waals surface area contributed by atoms with Gasteiger partial charge in [-0.25, -0.2) is 4.98 Å². The number of hydrogen-bond acceptors (Lipinski definition) is 3. The van der Waals surface area contributed by atoms with Gasteiger partial charge < -0.3 is 9.32 Å². The van der Waals surface area contributed by atoms with Gasteiger partial charge in [0.15, 0.2) is 5.58 Å². The first-order chi connectivity index (χ1) is 27.7. The number of rotatable bonds is 8. The molecule has 1 heterocycles. The highest BCUT2D eigenvalue weighted by atomic mass is 16.3. The molecule has 1 aromatic heterocycles. The summed E-state index contributed by atoms with van der Waals surface area (Å²) in [5.74, 6) is 0.913. The molecule has 1 atom stereocenters. The van der Waals surface area contributed by atoms with Gasteiger partial charge in [0.2, 0.25) is 5.89 Å². The molecule has 1 aliphatic carbocycles. The lowest BCUT2D eigenvalue weighted by Crippen LogP contribution is -2.18. The van der Waals surface area contributed by atoms with E-state index < -0.39 is 0 Å². The summed E-state index contributed by atoms with van der Waals surface area (Å²) in [6, 6.07) is 68.8. The third-order valence-electron chi connectivity index (χ3n) is 10.8. The van der Waals surface area contributed by atoms with Crippen LogP contribution in [0.1, 0.15) is 17.9 Å². The van der Waals surface area contributed by atoms with Gasteiger partial charge in [0.1, 0.15) is 5.52 Å². The Morgan fingerprint density at radius 2 is 1.09 bits per heavy atom. The van der Waals surface area contributed by atoms with E-state index >= 15 is 0 Å². The minimum absolute atomic E-state index is 0.292. The van der Waals surface area contributed by atoms with Gasteiger partial charge in [0.25, 0.3) is 0 Å². The predicted octanol–water partition coefficient (Wildman–Crippen LogP) is 14.4. The predicted molar refractivity (Wildman–Crippen MR) is 233 cm³/mol. The van der Waals surface area contributed by atoms with Crippen LogP contribution in [0.2, 0.25) is 0 Å². The SMILES string of the molecule is C1=CC(N(c2ccc(-c3ccccc3)cc2)c2cccc(-c3cccc4c3ccc3oc(-c5ccc(-c6ccccc6)cc5)nc34)c2)=CC(c2ccccc2)C1. The first-order valence-corrected chi connectivity index (χ1v) is 19.2. The highest BCUT2D eigenvalue weighted by Gasteiger charge is 2.20. The van der Waals surface area contributed by atoms with E-state index in [9.17, 15) is 0 Å². The maximum absolute atomic E-state index is 6.37. The number of anilines is 2. The van der Waals surface area contributed by atoms with Gasteiger partial charge >= 0.3 is 0 Å². The maximum Gasteiger partial charge on any atom is 0.227 e. The van der Waals surface area contributed by atoms with E-state index in [-0.39, 0.29) is 0 Å². The number of allylic oxidation sites excluding steroid dienone is 3. The van der Waals surface area contributed by atoms with Crippen molar-refractivity contribution in [1.29, 1.82) is 0 Å². The van der Waals surface area contributed by atoms with E-state index in [1.54, 1.807) is 0 Å². The van der Waals surface area contributed by atoms with Crippen LogP contribution in [-0.4, -0.2) is 4.98 Å². The Kier molecular flexibility index (Phi) is 8.66. The van der Waals surface area contributed by atoms with Crippen molar-refractivity contribution in [1.82, 2.24) is 4.98 Å². The van der Waals surface area contributed by atoms with Crippen molar-refractivity contribution < 1.29 is 4.42 Å². The molecule has 0 N–H and O–H groups in total. The fraction of sp³-hybridized carbons (Fsp3) is 0.0377. The second-order valence-corrected chi connectivity index (χ2v) is 14.3. The molecule has 0 amide bonds. The van der Waals surface area contributed by atoms with Crippen LogP contribution in [0.3, 0.4) is 0 Å². The van der Waals surface area contributed by atoms with E-state index in [0.29, 0.717) is 11.8 Å². The summed E-state index contributed by atoms with van der Waals surface area (Å²) in [6.07, 6.45) is 7.96. The van der Waals surface area contributed by atoms with Crippen molar-refractivity contribution in [3.05, 3.63) is 224 Å². The highest BCUT2D eigenvalue weighted by Crippen LogP contribution is 2.40. The Balaban J connectivity index is 1.04. The summed E-state index contributed by atoms with van der Waals surface area (Å²) in [6.45, 7) is 0. The average molecular weight is 719 g/mol. The van der Waals surface area contributed by atoms with Gasteiger partial charge in [-0.15, -0.1) is 0 Å². The van der Waals surface area contributed by atoms with Gasteiger partial charge in [-0.3, -0.25) is 0 Å². The molecule has 3 heteroatoms. The second kappa shape index (κ2) is 14.5. The lowest BCUT2D eigenvalue weighted by molar-refractivity contribution is 0.620. The van der Waals surface area contributed by atoms with Gasteiger partial charge in [-0.05, 0) is 105 Å². The van der Waals surface area contributed by atoms with E-state index in [0.717, 1.165) is 67.6 Å². The van der Waals surface area contributed by atoms with Crippen molar-refractivity contribution in [2.24, 2.45) is 0 Å². The summed E-state index contributed by atoms with van der Waals surface area (Å²) in [5.41, 5.74) is 14.3. The molecule has 0 fully saturated rings. The zero-order valence-corrected chi connectivity index (χ0v) is 30.8. The van der Waals surface area contributed by atoms with Crippen molar-refractivity contribution in [3.63, 3.8) is 0 Å². The Labute approximate surface area is 327 Å². The second-order valence-electron chi connectivity index (χ2n) is 14.3. The van der Waals surface area contributed by atoms with Crippen molar-refractivity contribution >= 4 is 33.2 Å². The molecule has 1 unspecified atom stereocenters. The van der Waals surface area contributed by atoms with Crippen LogP contribution < -0.4 is 4.90 Å². The topological polar surface area (TPSA) is 29.3 Å². The zero-order valence-electron chi connectivity index (χ0n) is 30.8. The highest BCUT2D eigenvalue weighted by molar-refractivity contribution is 6.09. The molecule has 0 radical (unpaired) electrons. The minimum Gasteiger partial charge on any atom is -0.436 e. The van der Waals surface area contributed by atoms with Crippen LogP contribution in [0.15, 0.2) is 222 Å². The molecule has 266 valence electrons. The summed E-state index contributed by atoms with van der Waals surface area (Å²) in [7, 11) is 0. The summed E-state index contributed by atoms with van der Waals surface area (Å²) >= 11 is 0. The van der Waals surface area contributed by atoms with E-state index in [4.69, 9.17) is 9.40 Å². The van der Waals surface area contributed by atoms with Gasteiger partial charge in [-0.1, -0.05) is 158 Å². The lowest BCUT2D eigenvalue weighted by atomic mass is 9.91. The molecule has 0 saturated carbocycles. The molecule has 0 saturated heterocycles. The molecule has 8 aromatic carbocycles. The molecule has 56 heavy (non-hydrogen) atoms. The fourth-order valence-electron chi connectivity index (χ4n) is 8.00. The van der Waals surface area contributed by atoms with Crippen LogP contribution in [0.25, 0.3) is 66.7 Å². The van der Waals surface area contributed by atoms with Gasteiger partial charge in [0.05, 0.1) is 0 Å². The molecular formula is C53H38N2O. The smallest absolute Gasteiger partial charge is 0.227 e. The number of oxazole rings is 1. The zero-order chi connectivity index (χ0) is 37.3. The quantitative estimate of drug-likeness (QED) is 0.157. The third kappa shape index (κ3) is 6.40. The Morgan fingerprint density at radius 1 is 0.482 bits per heavy atom. The van der Waals surface area contributed by atoms with Crippen LogP contribution >= 0.6 is 0 Å². The summed E-state index contributed by atoms with van der Waals surface area (Å²) < 4.78 is 6.37. The standard InChI is InChI=1S/C53H38N2O/c1-4-13-37(14-5-1)40-25-27-42(28-26-40)53-54-52-50-24-12-23-48(49(50)33-34-51(52)56-53)44-20-11-22-47(36-44)55(45-31-29-41(30-32-45)38-15-6-2-7-16-38)46-21-10-19-43(35-46)39-17-8-3-9-18-39/h1-18,20-36,43H,19H2.